The first kappa shape index (κ1) is 18.5. The molecule has 142 valence electrons. The van der Waals surface area contributed by atoms with Crippen molar-refractivity contribution in [3.63, 3.8) is 0 Å². The molecule has 4 rings (SSSR count). The van der Waals surface area contributed by atoms with Gasteiger partial charge in [0.25, 0.3) is 5.91 Å². The molecule has 1 aromatic carbocycles. The summed E-state index contributed by atoms with van der Waals surface area (Å²) in [5, 5.41) is 2.52. The molecule has 3 heterocycles. The first-order valence-corrected chi connectivity index (χ1v) is 10.5. The lowest BCUT2D eigenvalue weighted by Gasteiger charge is -2.25. The molecule has 7 heteroatoms. The molecular weight excluding hydrogens is 382 g/mol. The first-order chi connectivity index (χ1) is 13.1. The Balaban J connectivity index is 1.51. The number of hydrogen-bond donors (Lipinski definition) is 0. The number of fused-ring (bicyclic) bond motifs is 1. The van der Waals surface area contributed by atoms with E-state index in [-0.39, 0.29) is 12.0 Å². The minimum absolute atomic E-state index is 0.000156. The van der Waals surface area contributed by atoms with Crippen molar-refractivity contribution in [2.75, 3.05) is 20.2 Å². The first-order valence-electron chi connectivity index (χ1n) is 9.22. The fraction of sp³-hybridized carbons (Fsp3) is 0.400. The second kappa shape index (κ2) is 8.00. The Kier molecular flexibility index (Phi) is 5.48. The van der Waals surface area contributed by atoms with Crippen LogP contribution in [0.15, 0.2) is 35.8 Å². The van der Waals surface area contributed by atoms with Crippen molar-refractivity contribution in [2.24, 2.45) is 0 Å². The van der Waals surface area contributed by atoms with Crippen LogP contribution in [0.2, 0.25) is 5.02 Å². The van der Waals surface area contributed by atoms with Crippen molar-refractivity contribution >= 4 is 33.8 Å². The Bertz CT molecular complexity index is 946. The van der Waals surface area contributed by atoms with E-state index in [1.54, 1.807) is 4.90 Å². The molecule has 1 aliphatic heterocycles. The van der Waals surface area contributed by atoms with E-state index in [0.29, 0.717) is 17.3 Å². The van der Waals surface area contributed by atoms with E-state index in [1.807, 2.05) is 47.3 Å². The zero-order valence-electron chi connectivity index (χ0n) is 15.2. The molecule has 0 spiro atoms. The number of nitrogens with zero attached hydrogens (tertiary/aromatic N) is 3. The summed E-state index contributed by atoms with van der Waals surface area (Å²) in [4.78, 5) is 20.1. The third-order valence-electron chi connectivity index (χ3n) is 4.99. The van der Waals surface area contributed by atoms with Crippen LogP contribution in [0, 0.1) is 0 Å². The Morgan fingerprint density at radius 3 is 3.04 bits per heavy atom. The molecule has 27 heavy (non-hydrogen) atoms. The molecular formula is C20H22ClN3O2S. The average Bonchev–Trinajstić information content (AvgIpc) is 3.27. The highest BCUT2D eigenvalue weighted by atomic mass is 35.5. The number of aromatic nitrogens is 2. The molecule has 0 radical (unpaired) electrons. The number of carbonyl (C=O) groups excluding carboxylic acids is 1. The van der Waals surface area contributed by atoms with E-state index >= 15 is 0 Å². The Hall–Kier alpha value is -1.89. The quantitative estimate of drug-likeness (QED) is 0.617. The largest absolute Gasteiger partial charge is 0.378 e. The number of amides is 1. The van der Waals surface area contributed by atoms with Crippen molar-refractivity contribution in [2.45, 2.75) is 31.8 Å². The maximum atomic E-state index is 12.9. The van der Waals surface area contributed by atoms with Crippen molar-refractivity contribution in [3.05, 3.63) is 46.6 Å². The van der Waals surface area contributed by atoms with Gasteiger partial charge in [0.1, 0.15) is 5.69 Å². The van der Waals surface area contributed by atoms with Gasteiger partial charge in [-0.25, -0.2) is 4.98 Å². The summed E-state index contributed by atoms with van der Waals surface area (Å²) >= 11 is 7.75. The highest BCUT2D eigenvalue weighted by Crippen LogP contribution is 2.29. The number of ether oxygens (including phenoxy) is 1. The van der Waals surface area contributed by atoms with Crippen LogP contribution in [-0.4, -0.2) is 46.5 Å². The lowest BCUT2D eigenvalue weighted by molar-refractivity contribution is 0.00705. The normalized spacial score (nSPS) is 17.3. The number of imidazole rings is 1. The molecule has 0 unspecified atom stereocenters. The van der Waals surface area contributed by atoms with Gasteiger partial charge in [0.15, 0.2) is 4.96 Å². The van der Waals surface area contributed by atoms with Gasteiger partial charge in [0.2, 0.25) is 0 Å². The molecule has 0 N–H and O–H groups in total. The van der Waals surface area contributed by atoms with Crippen LogP contribution in [-0.2, 0) is 4.74 Å². The van der Waals surface area contributed by atoms with Crippen molar-refractivity contribution in [1.29, 1.82) is 0 Å². The van der Waals surface area contributed by atoms with Crippen LogP contribution >= 0.6 is 22.9 Å². The molecule has 1 amide bonds. The van der Waals surface area contributed by atoms with Crippen LogP contribution in [0.25, 0.3) is 16.2 Å². The molecule has 2 aromatic heterocycles. The van der Waals surface area contributed by atoms with Gasteiger partial charge in [-0.1, -0.05) is 29.8 Å². The highest BCUT2D eigenvalue weighted by molar-refractivity contribution is 7.15. The van der Waals surface area contributed by atoms with Gasteiger partial charge in [0.05, 0.1) is 16.8 Å². The number of hydrogen-bond acceptors (Lipinski definition) is 4. The molecule has 1 saturated heterocycles. The minimum Gasteiger partial charge on any atom is -0.378 e. The van der Waals surface area contributed by atoms with Gasteiger partial charge in [-0.2, -0.15) is 0 Å². The van der Waals surface area contributed by atoms with Crippen LogP contribution < -0.4 is 0 Å². The second-order valence-corrected chi connectivity index (χ2v) is 8.13. The molecule has 0 bridgehead atoms. The number of halogens is 1. The molecule has 1 aliphatic rings. The van der Waals surface area contributed by atoms with E-state index in [9.17, 15) is 4.79 Å². The molecule has 1 atom stereocenters. The molecule has 3 aromatic rings. The molecule has 0 aliphatic carbocycles. The zero-order chi connectivity index (χ0) is 18.8. The van der Waals surface area contributed by atoms with Gasteiger partial charge in [-0.05, 0) is 31.7 Å². The topological polar surface area (TPSA) is 46.8 Å². The summed E-state index contributed by atoms with van der Waals surface area (Å²) in [7, 11) is 1.85. The van der Waals surface area contributed by atoms with Gasteiger partial charge >= 0.3 is 0 Å². The van der Waals surface area contributed by atoms with Gasteiger partial charge < -0.3 is 9.64 Å². The van der Waals surface area contributed by atoms with Crippen LogP contribution in [0.1, 0.15) is 36.2 Å². The predicted molar refractivity (Wildman–Crippen MR) is 109 cm³/mol. The third kappa shape index (κ3) is 3.88. The Morgan fingerprint density at radius 2 is 2.26 bits per heavy atom. The van der Waals surface area contributed by atoms with Gasteiger partial charge in [-0.15, -0.1) is 11.3 Å². The summed E-state index contributed by atoms with van der Waals surface area (Å²) in [5.41, 5.74) is 2.28. The highest BCUT2D eigenvalue weighted by Gasteiger charge is 2.21. The van der Waals surface area contributed by atoms with Gasteiger partial charge in [-0.3, -0.25) is 9.20 Å². The summed E-state index contributed by atoms with van der Waals surface area (Å²) in [6.07, 6.45) is 6.49. The second-order valence-electron chi connectivity index (χ2n) is 6.88. The fourth-order valence-electron chi connectivity index (χ4n) is 3.41. The van der Waals surface area contributed by atoms with Crippen molar-refractivity contribution in [1.82, 2.24) is 14.3 Å². The zero-order valence-corrected chi connectivity index (χ0v) is 16.8. The van der Waals surface area contributed by atoms with Crippen LogP contribution in [0.3, 0.4) is 0 Å². The van der Waals surface area contributed by atoms with Crippen molar-refractivity contribution < 1.29 is 9.53 Å². The SMILES string of the molecule is CN(CC[C@H]1CCCCO1)C(=O)c1csc2nc(-c3ccccc3Cl)cn12. The fourth-order valence-corrected chi connectivity index (χ4v) is 4.49. The summed E-state index contributed by atoms with van der Waals surface area (Å²) in [5.74, 6) is 0.000156. The van der Waals surface area contributed by atoms with Crippen LogP contribution in [0.5, 0.6) is 0 Å². The summed E-state index contributed by atoms with van der Waals surface area (Å²) in [6, 6.07) is 7.61. The van der Waals surface area contributed by atoms with Crippen LogP contribution in [0.4, 0.5) is 0 Å². The molecule has 5 nitrogen and oxygen atoms in total. The number of benzene rings is 1. The lowest BCUT2D eigenvalue weighted by atomic mass is 10.1. The smallest absolute Gasteiger partial charge is 0.271 e. The predicted octanol–water partition coefficient (Wildman–Crippen LogP) is 4.75. The average molecular weight is 404 g/mol. The lowest BCUT2D eigenvalue weighted by Crippen LogP contribution is -2.32. The van der Waals surface area contributed by atoms with Gasteiger partial charge in [0, 0.05) is 37.3 Å². The van der Waals surface area contributed by atoms with Crippen molar-refractivity contribution in [3.8, 4) is 11.3 Å². The van der Waals surface area contributed by atoms with E-state index in [4.69, 9.17) is 16.3 Å². The van der Waals surface area contributed by atoms with E-state index in [1.165, 1.54) is 17.8 Å². The van der Waals surface area contributed by atoms with E-state index in [0.717, 1.165) is 42.1 Å². The summed E-state index contributed by atoms with van der Waals surface area (Å²) in [6.45, 7) is 1.53. The molecule has 1 fully saturated rings. The summed E-state index contributed by atoms with van der Waals surface area (Å²) < 4.78 is 7.63. The maximum absolute atomic E-state index is 12.9. The van der Waals surface area contributed by atoms with E-state index in [2.05, 4.69) is 4.98 Å². The number of carbonyl (C=O) groups is 1. The monoisotopic (exact) mass is 403 g/mol. The minimum atomic E-state index is 0.000156. The maximum Gasteiger partial charge on any atom is 0.271 e. The number of thiazole rings is 1. The van der Waals surface area contributed by atoms with E-state index < -0.39 is 0 Å². The Morgan fingerprint density at radius 1 is 1.41 bits per heavy atom. The number of rotatable bonds is 5. The Labute approximate surface area is 167 Å². The molecule has 0 saturated carbocycles. The third-order valence-corrected chi connectivity index (χ3v) is 6.15. The standard InChI is InChI=1S/C20H22ClN3O2S/c1-23(10-9-14-6-4-5-11-26-14)19(25)18-13-27-20-22-17(12-24(18)20)15-7-2-3-8-16(15)21/h2-3,7-8,12-14H,4-6,9-11H2,1H3/t14-/m1/s1.